The molecular weight excluding hydrogens is 422 g/mol. The van der Waals surface area contributed by atoms with Crippen LogP contribution in [-0.4, -0.2) is 77.6 Å². The van der Waals surface area contributed by atoms with E-state index in [4.69, 9.17) is 4.74 Å². The Labute approximate surface area is 195 Å². The lowest BCUT2D eigenvalue weighted by atomic mass is 9.91. The number of carboxylic acid groups (broad SMARTS) is 1. The second-order valence-corrected chi connectivity index (χ2v) is 9.41. The first-order valence-electron chi connectivity index (χ1n) is 11.3. The highest BCUT2D eigenvalue weighted by Gasteiger charge is 2.33. The molecule has 3 N–H and O–H groups in total. The summed E-state index contributed by atoms with van der Waals surface area (Å²) in [5.41, 5.74) is 1.51. The van der Waals surface area contributed by atoms with Crippen molar-refractivity contribution in [2.45, 2.75) is 33.7 Å². The van der Waals surface area contributed by atoms with Gasteiger partial charge in [0.2, 0.25) is 11.8 Å². The van der Waals surface area contributed by atoms with Crippen molar-refractivity contribution >= 4 is 23.3 Å². The Morgan fingerprint density at radius 1 is 1.24 bits per heavy atom. The van der Waals surface area contributed by atoms with Crippen molar-refractivity contribution in [2.24, 2.45) is 11.3 Å². The summed E-state index contributed by atoms with van der Waals surface area (Å²) >= 11 is 0. The molecular formula is C24H35N5O4. The van der Waals surface area contributed by atoms with Crippen LogP contribution in [0.5, 0.6) is 5.88 Å². The molecule has 9 heteroatoms. The number of nitrogens with one attached hydrogen (secondary N) is 2. The van der Waals surface area contributed by atoms with Crippen LogP contribution in [0.25, 0.3) is 0 Å². The second-order valence-electron chi connectivity index (χ2n) is 9.41. The van der Waals surface area contributed by atoms with Gasteiger partial charge in [-0.25, -0.2) is 4.98 Å². The Balaban J connectivity index is 1.62. The van der Waals surface area contributed by atoms with Gasteiger partial charge in [-0.1, -0.05) is 19.1 Å². The predicted molar refractivity (Wildman–Crippen MR) is 128 cm³/mol. The lowest BCUT2D eigenvalue weighted by molar-refractivity contribution is -0.148. The third-order valence-corrected chi connectivity index (χ3v) is 6.16. The minimum atomic E-state index is -0.757. The van der Waals surface area contributed by atoms with Crippen LogP contribution in [0.4, 0.5) is 11.4 Å². The molecule has 1 aliphatic heterocycles. The van der Waals surface area contributed by atoms with Gasteiger partial charge in [0, 0.05) is 57.5 Å². The fourth-order valence-corrected chi connectivity index (χ4v) is 4.29. The van der Waals surface area contributed by atoms with Gasteiger partial charge in [-0.2, -0.15) is 0 Å². The summed E-state index contributed by atoms with van der Waals surface area (Å²) < 4.78 is 5.23. The molecule has 3 rings (SSSR count). The highest BCUT2D eigenvalue weighted by molar-refractivity contribution is 5.92. The number of allylic oxidation sites excluding steroid dienone is 1. The molecule has 0 aromatic carbocycles. The molecule has 2 atom stereocenters. The number of anilines is 2. The van der Waals surface area contributed by atoms with E-state index in [9.17, 15) is 14.7 Å². The normalized spacial score (nSPS) is 21.9. The fourth-order valence-electron chi connectivity index (χ4n) is 4.29. The number of amides is 1. The first-order chi connectivity index (χ1) is 15.6. The molecule has 1 amide bonds. The third kappa shape index (κ3) is 6.33. The maximum absolute atomic E-state index is 11.6. The van der Waals surface area contributed by atoms with E-state index < -0.39 is 11.4 Å². The Morgan fingerprint density at radius 3 is 2.52 bits per heavy atom. The number of carbonyl (C=O) groups excluding carboxylic acids is 1. The molecule has 9 nitrogen and oxygen atoms in total. The van der Waals surface area contributed by atoms with E-state index in [-0.39, 0.29) is 17.9 Å². The van der Waals surface area contributed by atoms with Gasteiger partial charge in [0.25, 0.3) is 0 Å². The van der Waals surface area contributed by atoms with Gasteiger partial charge in [0.05, 0.1) is 30.1 Å². The van der Waals surface area contributed by atoms with Crippen molar-refractivity contribution in [3.8, 4) is 5.88 Å². The quantitative estimate of drug-likeness (QED) is 0.547. The van der Waals surface area contributed by atoms with Gasteiger partial charge in [0.15, 0.2) is 0 Å². The van der Waals surface area contributed by atoms with Crippen molar-refractivity contribution in [1.82, 2.24) is 14.8 Å². The van der Waals surface area contributed by atoms with E-state index in [1.165, 1.54) is 6.92 Å². The number of piperazine rings is 1. The van der Waals surface area contributed by atoms with E-state index >= 15 is 0 Å². The number of ether oxygens (including phenoxy) is 1. The SMILES string of the molecule is COc1cc(NC2=CC(C)C(N3CCN(CC(C)(C)C(=O)O)CC3)C=C2)c(NC(C)=O)cn1. The maximum atomic E-state index is 11.6. The average Bonchev–Trinajstić information content (AvgIpc) is 2.75. The van der Waals surface area contributed by atoms with Gasteiger partial charge in [-0.05, 0) is 25.8 Å². The van der Waals surface area contributed by atoms with Gasteiger partial charge >= 0.3 is 5.97 Å². The summed E-state index contributed by atoms with van der Waals surface area (Å²) in [7, 11) is 1.55. The smallest absolute Gasteiger partial charge is 0.310 e. The molecule has 2 unspecified atom stereocenters. The van der Waals surface area contributed by atoms with E-state index in [0.717, 1.165) is 31.9 Å². The Bertz CT molecular complexity index is 935. The Kier molecular flexibility index (Phi) is 7.76. The summed E-state index contributed by atoms with van der Waals surface area (Å²) in [5.74, 6) is -0.181. The molecule has 0 radical (unpaired) electrons. The topological polar surface area (TPSA) is 107 Å². The van der Waals surface area contributed by atoms with Crippen molar-refractivity contribution in [2.75, 3.05) is 50.5 Å². The summed E-state index contributed by atoms with van der Waals surface area (Å²) in [6.45, 7) is 11.3. The summed E-state index contributed by atoms with van der Waals surface area (Å²) in [4.78, 5) is 31.9. The van der Waals surface area contributed by atoms with Crippen LogP contribution < -0.4 is 15.4 Å². The number of rotatable bonds is 8. The molecule has 33 heavy (non-hydrogen) atoms. The predicted octanol–water partition coefficient (Wildman–Crippen LogP) is 2.65. The zero-order valence-electron chi connectivity index (χ0n) is 20.1. The largest absolute Gasteiger partial charge is 0.481 e. The van der Waals surface area contributed by atoms with Crippen molar-refractivity contribution < 1.29 is 19.4 Å². The van der Waals surface area contributed by atoms with Gasteiger partial charge in [0.1, 0.15) is 0 Å². The standard InChI is InChI=1S/C24H35N5O4/c1-16-12-18(27-19-13-22(33-5)25-14-20(19)26-17(2)30)6-7-21(16)29-10-8-28(9-11-29)15-24(3,4)23(31)32/h6-7,12-14,16,21H,8-11,15H2,1-5H3,(H,25,27)(H,26,30)(H,31,32). The van der Waals surface area contributed by atoms with E-state index in [1.54, 1.807) is 33.2 Å². The molecule has 0 spiro atoms. The number of aliphatic carboxylic acids is 1. The zero-order valence-corrected chi connectivity index (χ0v) is 20.1. The van der Waals surface area contributed by atoms with Crippen LogP contribution in [0.3, 0.4) is 0 Å². The van der Waals surface area contributed by atoms with Crippen molar-refractivity contribution in [3.05, 3.63) is 36.2 Å². The molecule has 1 aromatic rings. The molecule has 2 aliphatic rings. The number of carboxylic acids is 1. The molecule has 0 bridgehead atoms. The van der Waals surface area contributed by atoms with Crippen LogP contribution in [-0.2, 0) is 9.59 Å². The second kappa shape index (κ2) is 10.4. The summed E-state index contributed by atoms with van der Waals surface area (Å²) in [6.07, 6.45) is 8.04. The van der Waals surface area contributed by atoms with E-state index in [0.29, 0.717) is 23.8 Å². The number of pyridine rings is 1. The maximum Gasteiger partial charge on any atom is 0.310 e. The van der Waals surface area contributed by atoms with E-state index in [2.05, 4.69) is 50.6 Å². The van der Waals surface area contributed by atoms with Crippen LogP contribution in [0, 0.1) is 11.3 Å². The lowest BCUT2D eigenvalue weighted by Gasteiger charge is -2.42. The van der Waals surface area contributed by atoms with Crippen LogP contribution in [0.15, 0.2) is 36.2 Å². The minimum Gasteiger partial charge on any atom is -0.481 e. The number of hydrogen-bond donors (Lipinski definition) is 3. The average molecular weight is 458 g/mol. The number of methoxy groups -OCH3 is 1. The van der Waals surface area contributed by atoms with Crippen LogP contribution in [0.1, 0.15) is 27.7 Å². The highest BCUT2D eigenvalue weighted by atomic mass is 16.5. The first-order valence-corrected chi connectivity index (χ1v) is 11.3. The summed E-state index contributed by atoms with van der Waals surface area (Å²) in [6, 6.07) is 2.04. The molecule has 1 aliphatic carbocycles. The molecule has 180 valence electrons. The number of nitrogens with zero attached hydrogens (tertiary/aromatic N) is 3. The first kappa shape index (κ1) is 24.7. The molecule has 1 aromatic heterocycles. The number of carbonyl (C=O) groups is 2. The molecule has 1 fully saturated rings. The van der Waals surface area contributed by atoms with E-state index in [1.807, 2.05) is 0 Å². The van der Waals surface area contributed by atoms with Crippen LogP contribution >= 0.6 is 0 Å². The number of aromatic nitrogens is 1. The fraction of sp³-hybridized carbons (Fsp3) is 0.542. The van der Waals surface area contributed by atoms with Crippen molar-refractivity contribution in [1.29, 1.82) is 0 Å². The zero-order chi connectivity index (χ0) is 24.2. The molecule has 1 saturated heterocycles. The summed E-state index contributed by atoms with van der Waals surface area (Å²) in [5, 5.41) is 15.6. The Morgan fingerprint density at radius 2 is 1.94 bits per heavy atom. The van der Waals surface area contributed by atoms with Gasteiger partial charge in [-0.15, -0.1) is 0 Å². The molecule has 0 saturated carbocycles. The molecule has 2 heterocycles. The minimum absolute atomic E-state index is 0.169. The Hall–Kier alpha value is -2.91. The van der Waals surface area contributed by atoms with Crippen molar-refractivity contribution in [3.63, 3.8) is 0 Å². The lowest BCUT2D eigenvalue weighted by Crippen LogP contribution is -2.53. The van der Waals surface area contributed by atoms with Gasteiger partial charge < -0.3 is 20.5 Å². The van der Waals surface area contributed by atoms with Gasteiger partial charge in [-0.3, -0.25) is 19.4 Å². The third-order valence-electron chi connectivity index (χ3n) is 6.16. The monoisotopic (exact) mass is 457 g/mol. The number of hydrogen-bond acceptors (Lipinski definition) is 7. The highest BCUT2D eigenvalue weighted by Crippen LogP contribution is 2.29. The van der Waals surface area contributed by atoms with Crippen LogP contribution in [0.2, 0.25) is 0 Å².